The number of hydrogen-bond donors (Lipinski definition) is 1. The number of anilines is 1. The summed E-state index contributed by atoms with van der Waals surface area (Å²) in [6.07, 6.45) is 0. The Morgan fingerprint density at radius 2 is 1.93 bits per heavy atom. The fraction of sp³-hybridized carbons (Fsp3) is 0. The van der Waals surface area contributed by atoms with Gasteiger partial charge in [0, 0.05) is 10.6 Å². The van der Waals surface area contributed by atoms with Crippen molar-refractivity contribution < 1.29 is 0 Å². The van der Waals surface area contributed by atoms with E-state index in [-0.39, 0.29) is 0 Å². The Morgan fingerprint density at radius 3 is 2.57 bits per heavy atom. The predicted molar refractivity (Wildman–Crippen MR) is 64.3 cm³/mol. The predicted octanol–water partition coefficient (Wildman–Crippen LogP) is 4.13. The average Bonchev–Trinajstić information content (AvgIpc) is 2.56. The number of hydrogen-bond acceptors (Lipinski definition) is 3. The Bertz CT molecular complexity index is 439. The third-order valence-corrected chi connectivity index (χ3v) is 4.13. The maximum absolute atomic E-state index is 5.84. The van der Waals surface area contributed by atoms with Crippen molar-refractivity contribution in [3.05, 3.63) is 40.7 Å². The van der Waals surface area contributed by atoms with Crippen LogP contribution in [-0.4, -0.2) is 0 Å². The van der Waals surface area contributed by atoms with Crippen LogP contribution < -0.4 is 5.73 Å². The molecule has 0 radical (unpaired) electrons. The lowest BCUT2D eigenvalue weighted by Gasteiger charge is -2.01. The van der Waals surface area contributed by atoms with Crippen LogP contribution in [0.1, 0.15) is 0 Å². The van der Waals surface area contributed by atoms with Gasteiger partial charge in [-0.2, -0.15) is 0 Å². The molecule has 0 bridgehead atoms. The Hall–Kier alpha value is -0.640. The van der Waals surface area contributed by atoms with Gasteiger partial charge >= 0.3 is 0 Å². The van der Waals surface area contributed by atoms with Gasteiger partial charge in [0.15, 0.2) is 0 Å². The third kappa shape index (κ3) is 2.23. The lowest BCUT2D eigenvalue weighted by molar-refractivity contribution is 1.46. The second kappa shape index (κ2) is 4.26. The molecular weight excluding hydrogens is 234 g/mol. The van der Waals surface area contributed by atoms with Crippen molar-refractivity contribution in [2.45, 2.75) is 9.10 Å². The number of benzene rings is 1. The molecule has 72 valence electrons. The van der Waals surface area contributed by atoms with E-state index in [1.54, 1.807) is 23.1 Å². The van der Waals surface area contributed by atoms with Crippen molar-refractivity contribution in [2.24, 2.45) is 0 Å². The van der Waals surface area contributed by atoms with Crippen LogP contribution in [0.3, 0.4) is 0 Å². The van der Waals surface area contributed by atoms with Crippen LogP contribution >= 0.6 is 34.7 Å². The van der Waals surface area contributed by atoms with Crippen molar-refractivity contribution in [3.8, 4) is 0 Å². The monoisotopic (exact) mass is 241 g/mol. The highest BCUT2D eigenvalue weighted by Gasteiger charge is 2.02. The summed E-state index contributed by atoms with van der Waals surface area (Å²) in [7, 11) is 0. The van der Waals surface area contributed by atoms with Gasteiger partial charge in [-0.25, -0.2) is 0 Å². The van der Waals surface area contributed by atoms with Crippen LogP contribution in [0.5, 0.6) is 0 Å². The zero-order valence-corrected chi connectivity index (χ0v) is 9.62. The molecule has 1 aromatic carbocycles. The van der Waals surface area contributed by atoms with Gasteiger partial charge in [0.1, 0.15) is 0 Å². The van der Waals surface area contributed by atoms with Gasteiger partial charge in [0.25, 0.3) is 0 Å². The minimum atomic E-state index is 0.807. The topological polar surface area (TPSA) is 26.0 Å². The van der Waals surface area contributed by atoms with Crippen LogP contribution in [0.2, 0.25) is 4.34 Å². The lowest BCUT2D eigenvalue weighted by Crippen LogP contribution is -1.85. The first-order chi connectivity index (χ1) is 6.75. The summed E-state index contributed by atoms with van der Waals surface area (Å²) in [5.74, 6) is 0. The largest absolute Gasteiger partial charge is 0.398 e. The van der Waals surface area contributed by atoms with E-state index in [0.29, 0.717) is 0 Å². The highest BCUT2D eigenvalue weighted by atomic mass is 35.5. The molecule has 0 aliphatic heterocycles. The molecule has 0 amide bonds. The Balaban J connectivity index is 2.23. The van der Waals surface area contributed by atoms with E-state index in [4.69, 9.17) is 17.3 Å². The first kappa shape index (κ1) is 9.90. The number of rotatable bonds is 2. The molecular formula is C10H8ClNS2. The van der Waals surface area contributed by atoms with E-state index >= 15 is 0 Å². The molecule has 0 spiro atoms. The SMILES string of the molecule is Nc1ccccc1Sc1ccc(Cl)s1. The molecule has 4 heteroatoms. The summed E-state index contributed by atoms with van der Waals surface area (Å²) in [6, 6.07) is 11.7. The molecule has 0 unspecified atom stereocenters. The molecule has 2 aromatic rings. The number of nitrogen functional groups attached to an aromatic ring is 1. The zero-order valence-electron chi connectivity index (χ0n) is 7.24. The van der Waals surface area contributed by atoms with E-state index in [1.807, 2.05) is 36.4 Å². The molecule has 0 saturated carbocycles. The highest BCUT2D eigenvalue weighted by Crippen LogP contribution is 2.37. The summed E-state index contributed by atoms with van der Waals surface area (Å²) in [6.45, 7) is 0. The smallest absolute Gasteiger partial charge is 0.0940 e. The normalized spacial score (nSPS) is 10.4. The maximum atomic E-state index is 5.84. The molecule has 2 rings (SSSR count). The van der Waals surface area contributed by atoms with Crippen molar-refractivity contribution in [2.75, 3.05) is 5.73 Å². The van der Waals surface area contributed by atoms with Gasteiger partial charge in [-0.15, -0.1) is 11.3 Å². The number of halogens is 1. The molecule has 2 N–H and O–H groups in total. The molecule has 0 aliphatic rings. The fourth-order valence-electron chi connectivity index (χ4n) is 1.03. The zero-order chi connectivity index (χ0) is 9.97. The minimum absolute atomic E-state index is 0.807. The Kier molecular flexibility index (Phi) is 3.01. The standard InChI is InChI=1S/C10H8ClNS2/c11-9-5-6-10(14-9)13-8-4-2-1-3-7(8)12/h1-6H,12H2. The summed E-state index contributed by atoms with van der Waals surface area (Å²) < 4.78 is 1.97. The van der Waals surface area contributed by atoms with E-state index in [2.05, 4.69) is 0 Å². The van der Waals surface area contributed by atoms with Gasteiger partial charge in [0.2, 0.25) is 0 Å². The Morgan fingerprint density at radius 1 is 1.14 bits per heavy atom. The van der Waals surface area contributed by atoms with Crippen molar-refractivity contribution in [1.29, 1.82) is 0 Å². The third-order valence-electron chi connectivity index (χ3n) is 1.68. The lowest BCUT2D eigenvalue weighted by atomic mass is 10.3. The maximum Gasteiger partial charge on any atom is 0.0940 e. The second-order valence-corrected chi connectivity index (χ2v) is 5.76. The number of nitrogens with two attached hydrogens (primary N) is 1. The minimum Gasteiger partial charge on any atom is -0.398 e. The molecule has 0 saturated heterocycles. The summed E-state index contributed by atoms with van der Waals surface area (Å²) in [4.78, 5) is 1.08. The van der Waals surface area contributed by atoms with Crippen molar-refractivity contribution in [1.82, 2.24) is 0 Å². The van der Waals surface area contributed by atoms with Crippen LogP contribution in [-0.2, 0) is 0 Å². The first-order valence-electron chi connectivity index (χ1n) is 4.03. The first-order valence-corrected chi connectivity index (χ1v) is 6.04. The summed E-state index contributed by atoms with van der Waals surface area (Å²) in [5, 5.41) is 0. The van der Waals surface area contributed by atoms with E-state index in [0.717, 1.165) is 19.1 Å². The Labute approximate surface area is 95.9 Å². The number of thiophene rings is 1. The summed E-state index contributed by atoms with van der Waals surface area (Å²) >= 11 is 9.05. The van der Waals surface area contributed by atoms with Gasteiger partial charge in [-0.05, 0) is 24.3 Å². The van der Waals surface area contributed by atoms with Gasteiger partial charge in [0.05, 0.1) is 8.55 Å². The molecule has 0 fully saturated rings. The van der Waals surface area contributed by atoms with E-state index < -0.39 is 0 Å². The van der Waals surface area contributed by atoms with Crippen LogP contribution in [0.4, 0.5) is 5.69 Å². The van der Waals surface area contributed by atoms with Crippen LogP contribution in [0.15, 0.2) is 45.5 Å². The summed E-state index contributed by atoms with van der Waals surface area (Å²) in [5.41, 5.74) is 6.63. The van der Waals surface area contributed by atoms with Crippen molar-refractivity contribution >= 4 is 40.4 Å². The number of para-hydroxylation sites is 1. The van der Waals surface area contributed by atoms with Crippen LogP contribution in [0.25, 0.3) is 0 Å². The average molecular weight is 242 g/mol. The van der Waals surface area contributed by atoms with E-state index in [1.165, 1.54) is 0 Å². The van der Waals surface area contributed by atoms with Gasteiger partial charge in [-0.1, -0.05) is 35.5 Å². The van der Waals surface area contributed by atoms with E-state index in [9.17, 15) is 0 Å². The van der Waals surface area contributed by atoms with Gasteiger partial charge in [-0.3, -0.25) is 0 Å². The van der Waals surface area contributed by atoms with Crippen LogP contribution in [0, 0.1) is 0 Å². The molecule has 0 aliphatic carbocycles. The molecule has 14 heavy (non-hydrogen) atoms. The fourth-order valence-corrected chi connectivity index (χ4v) is 3.34. The molecule has 1 aromatic heterocycles. The second-order valence-electron chi connectivity index (χ2n) is 2.70. The highest BCUT2D eigenvalue weighted by molar-refractivity contribution is 8.01. The molecule has 1 heterocycles. The molecule has 1 nitrogen and oxygen atoms in total. The quantitative estimate of drug-likeness (QED) is 0.800. The van der Waals surface area contributed by atoms with Crippen molar-refractivity contribution in [3.63, 3.8) is 0 Å². The molecule has 0 atom stereocenters. The van der Waals surface area contributed by atoms with Gasteiger partial charge < -0.3 is 5.73 Å².